The summed E-state index contributed by atoms with van der Waals surface area (Å²) in [4.78, 5) is 13.7. The van der Waals surface area contributed by atoms with E-state index >= 15 is 0 Å². The second-order valence-electron chi connectivity index (χ2n) is 4.78. The van der Waals surface area contributed by atoms with Crippen molar-refractivity contribution in [3.63, 3.8) is 0 Å². The summed E-state index contributed by atoms with van der Waals surface area (Å²) in [7, 11) is 0. The molecule has 0 amide bonds. The molecule has 0 unspecified atom stereocenters. The van der Waals surface area contributed by atoms with E-state index in [4.69, 9.17) is 4.42 Å². The summed E-state index contributed by atoms with van der Waals surface area (Å²) in [5, 5.41) is 9.48. The van der Waals surface area contributed by atoms with Crippen LogP contribution >= 0.6 is 0 Å². The monoisotopic (exact) mass is 233 g/mol. The third-order valence-corrected chi connectivity index (χ3v) is 3.61. The largest absolute Gasteiger partial charge is 0.417 e. The van der Waals surface area contributed by atoms with Crippen molar-refractivity contribution in [1.29, 1.82) is 0 Å². The lowest BCUT2D eigenvalue weighted by Crippen LogP contribution is -2.16. The fourth-order valence-corrected chi connectivity index (χ4v) is 2.63. The van der Waals surface area contributed by atoms with Gasteiger partial charge in [0.25, 0.3) is 0 Å². The summed E-state index contributed by atoms with van der Waals surface area (Å²) in [5.41, 5.74) is 2.57. The van der Waals surface area contributed by atoms with Gasteiger partial charge in [-0.1, -0.05) is 6.07 Å². The van der Waals surface area contributed by atoms with Crippen molar-refractivity contribution in [3.05, 3.63) is 34.3 Å². The van der Waals surface area contributed by atoms with E-state index in [1.54, 1.807) is 0 Å². The van der Waals surface area contributed by atoms with Gasteiger partial charge in [-0.15, -0.1) is 0 Å². The predicted molar refractivity (Wildman–Crippen MR) is 64.1 cm³/mol. The Morgan fingerprint density at radius 1 is 1.24 bits per heavy atom. The summed E-state index contributed by atoms with van der Waals surface area (Å²) in [6, 6.07) is 5.87. The highest BCUT2D eigenvalue weighted by atomic mass is 16.4. The van der Waals surface area contributed by atoms with Crippen molar-refractivity contribution in [2.24, 2.45) is 0 Å². The van der Waals surface area contributed by atoms with Gasteiger partial charge in [0.1, 0.15) is 0 Å². The lowest BCUT2D eigenvalue weighted by Gasteiger charge is -2.25. The second-order valence-corrected chi connectivity index (χ2v) is 4.78. The maximum Gasteiger partial charge on any atom is 0.417 e. The van der Waals surface area contributed by atoms with Gasteiger partial charge in [-0.3, -0.25) is 4.98 Å². The first kappa shape index (κ1) is 10.6. The van der Waals surface area contributed by atoms with Crippen LogP contribution in [0.25, 0.3) is 11.1 Å². The molecule has 1 fully saturated rings. The fraction of sp³-hybridized carbons (Fsp3) is 0.462. The van der Waals surface area contributed by atoms with Crippen molar-refractivity contribution in [2.75, 3.05) is 0 Å². The Hall–Kier alpha value is -1.55. The number of aromatic nitrogens is 1. The van der Waals surface area contributed by atoms with E-state index in [1.165, 1.54) is 5.56 Å². The number of aromatic amines is 1. The molecule has 0 saturated heterocycles. The van der Waals surface area contributed by atoms with Crippen LogP contribution in [0.3, 0.4) is 0 Å². The Morgan fingerprint density at radius 2 is 2.00 bits per heavy atom. The van der Waals surface area contributed by atoms with Gasteiger partial charge in [-0.2, -0.15) is 0 Å². The molecule has 90 valence electrons. The highest BCUT2D eigenvalue weighted by molar-refractivity contribution is 5.72. The van der Waals surface area contributed by atoms with Crippen LogP contribution < -0.4 is 5.76 Å². The molecule has 1 aliphatic rings. The highest BCUT2D eigenvalue weighted by Crippen LogP contribution is 2.33. The summed E-state index contributed by atoms with van der Waals surface area (Å²) < 4.78 is 5.06. The fourth-order valence-electron chi connectivity index (χ4n) is 2.63. The molecular formula is C13H15NO3. The van der Waals surface area contributed by atoms with Crippen LogP contribution in [0.4, 0.5) is 0 Å². The van der Waals surface area contributed by atoms with Crippen molar-refractivity contribution < 1.29 is 9.52 Å². The minimum Gasteiger partial charge on any atom is -0.408 e. The number of fused-ring (bicyclic) bond motifs is 1. The first-order valence-electron chi connectivity index (χ1n) is 6.03. The normalized spacial score (nSPS) is 25.2. The maximum absolute atomic E-state index is 11.1. The number of nitrogens with one attached hydrogen (secondary N) is 1. The molecule has 0 radical (unpaired) electrons. The van der Waals surface area contributed by atoms with Crippen molar-refractivity contribution in [3.8, 4) is 0 Å². The molecule has 1 heterocycles. The zero-order valence-electron chi connectivity index (χ0n) is 9.48. The van der Waals surface area contributed by atoms with Gasteiger partial charge < -0.3 is 9.52 Å². The molecule has 2 N–H and O–H groups in total. The highest BCUT2D eigenvalue weighted by Gasteiger charge is 2.21. The average Bonchev–Trinajstić information content (AvgIpc) is 2.69. The molecule has 1 saturated carbocycles. The number of hydrogen-bond donors (Lipinski definition) is 2. The first-order chi connectivity index (χ1) is 8.22. The molecule has 0 atom stereocenters. The minimum absolute atomic E-state index is 0.139. The zero-order chi connectivity index (χ0) is 11.8. The van der Waals surface area contributed by atoms with Gasteiger partial charge in [-0.25, -0.2) is 4.79 Å². The van der Waals surface area contributed by atoms with E-state index < -0.39 is 5.76 Å². The summed E-state index contributed by atoms with van der Waals surface area (Å²) in [5.74, 6) is 0.0687. The molecule has 17 heavy (non-hydrogen) atoms. The maximum atomic E-state index is 11.1. The zero-order valence-corrected chi connectivity index (χ0v) is 9.48. The minimum atomic E-state index is -0.406. The van der Waals surface area contributed by atoms with E-state index in [2.05, 4.69) is 4.98 Å². The van der Waals surface area contributed by atoms with Gasteiger partial charge in [0.05, 0.1) is 11.6 Å². The lowest BCUT2D eigenvalue weighted by atomic mass is 9.83. The lowest BCUT2D eigenvalue weighted by molar-refractivity contribution is 0.122. The first-order valence-corrected chi connectivity index (χ1v) is 6.03. The van der Waals surface area contributed by atoms with E-state index in [0.717, 1.165) is 31.2 Å². The Labute approximate surface area is 98.3 Å². The van der Waals surface area contributed by atoms with E-state index in [1.807, 2.05) is 18.2 Å². The predicted octanol–water partition coefficient (Wildman–Crippen LogP) is 2.14. The number of aliphatic hydroxyl groups excluding tert-OH is 1. The summed E-state index contributed by atoms with van der Waals surface area (Å²) >= 11 is 0. The Morgan fingerprint density at radius 3 is 2.76 bits per heavy atom. The van der Waals surface area contributed by atoms with Gasteiger partial charge in [0, 0.05) is 0 Å². The smallest absolute Gasteiger partial charge is 0.408 e. The molecule has 0 bridgehead atoms. The molecule has 4 nitrogen and oxygen atoms in total. The van der Waals surface area contributed by atoms with Gasteiger partial charge in [0.2, 0.25) is 0 Å². The SMILES string of the molecule is O=c1[nH]c2ccc(C3CCC(O)CC3)cc2o1. The van der Waals surface area contributed by atoms with Crippen molar-refractivity contribution >= 4 is 11.1 Å². The third-order valence-electron chi connectivity index (χ3n) is 3.61. The molecule has 3 rings (SSSR count). The number of benzene rings is 1. The number of hydrogen-bond acceptors (Lipinski definition) is 3. The van der Waals surface area contributed by atoms with Crippen LogP contribution in [0.1, 0.15) is 37.2 Å². The van der Waals surface area contributed by atoms with Crippen LogP contribution in [0.15, 0.2) is 27.4 Å². The van der Waals surface area contributed by atoms with E-state index in [0.29, 0.717) is 11.5 Å². The molecule has 2 aromatic rings. The number of rotatable bonds is 1. The van der Waals surface area contributed by atoms with Crippen LogP contribution in [0, 0.1) is 0 Å². The Kier molecular flexibility index (Phi) is 2.52. The molecule has 1 aromatic heterocycles. The standard InChI is InChI=1S/C13H15NO3/c15-10-4-1-8(2-5-10)9-3-6-11-12(7-9)17-13(16)14-11/h3,6-8,10,15H,1-2,4-5H2,(H,14,16). The van der Waals surface area contributed by atoms with Crippen LogP contribution in [-0.4, -0.2) is 16.2 Å². The molecule has 1 aromatic carbocycles. The topological polar surface area (TPSA) is 66.2 Å². The number of oxazole rings is 1. The van der Waals surface area contributed by atoms with Crippen molar-refractivity contribution in [1.82, 2.24) is 4.98 Å². The third kappa shape index (κ3) is 2.00. The Bertz CT molecular complexity index is 576. The van der Waals surface area contributed by atoms with Crippen LogP contribution in [0.5, 0.6) is 0 Å². The second kappa shape index (κ2) is 4.04. The quantitative estimate of drug-likeness (QED) is 0.793. The molecule has 0 spiro atoms. The van der Waals surface area contributed by atoms with Crippen molar-refractivity contribution in [2.45, 2.75) is 37.7 Å². The molecule has 0 aliphatic heterocycles. The molecule has 1 aliphatic carbocycles. The van der Waals surface area contributed by atoms with Gasteiger partial charge in [0.15, 0.2) is 5.58 Å². The number of H-pyrrole nitrogens is 1. The van der Waals surface area contributed by atoms with E-state index in [9.17, 15) is 9.90 Å². The van der Waals surface area contributed by atoms with Crippen LogP contribution in [0.2, 0.25) is 0 Å². The molecular weight excluding hydrogens is 218 g/mol. The Balaban J connectivity index is 1.92. The number of aliphatic hydroxyl groups is 1. The van der Waals surface area contributed by atoms with E-state index in [-0.39, 0.29) is 6.10 Å². The molecule has 4 heteroatoms. The average molecular weight is 233 g/mol. The summed E-state index contributed by atoms with van der Waals surface area (Å²) in [6.45, 7) is 0. The van der Waals surface area contributed by atoms with Gasteiger partial charge in [-0.05, 0) is 49.3 Å². The van der Waals surface area contributed by atoms with Gasteiger partial charge >= 0.3 is 5.76 Å². The summed E-state index contributed by atoms with van der Waals surface area (Å²) in [6.07, 6.45) is 3.59. The van der Waals surface area contributed by atoms with Crippen LogP contribution in [-0.2, 0) is 0 Å².